The SMILES string of the molecule is CCN(C(=O)c1cn[nH]c1N)c1ccc(C)cc1. The number of hydrogen-bond acceptors (Lipinski definition) is 3. The molecule has 0 spiro atoms. The number of carbonyl (C=O) groups is 1. The van der Waals surface area contributed by atoms with E-state index in [0.29, 0.717) is 17.9 Å². The van der Waals surface area contributed by atoms with Gasteiger partial charge in [-0.3, -0.25) is 9.89 Å². The van der Waals surface area contributed by atoms with Crippen molar-refractivity contribution in [2.75, 3.05) is 17.2 Å². The van der Waals surface area contributed by atoms with Crippen LogP contribution in [0.3, 0.4) is 0 Å². The van der Waals surface area contributed by atoms with E-state index in [1.807, 2.05) is 38.1 Å². The van der Waals surface area contributed by atoms with Crippen molar-refractivity contribution >= 4 is 17.4 Å². The van der Waals surface area contributed by atoms with E-state index in [0.717, 1.165) is 11.3 Å². The lowest BCUT2D eigenvalue weighted by atomic mass is 10.2. The molecule has 1 heterocycles. The van der Waals surface area contributed by atoms with Crippen LogP contribution < -0.4 is 10.6 Å². The second-order valence-electron chi connectivity index (χ2n) is 4.08. The summed E-state index contributed by atoms with van der Waals surface area (Å²) >= 11 is 0. The lowest BCUT2D eigenvalue weighted by Crippen LogP contribution is -2.30. The first-order chi connectivity index (χ1) is 8.63. The lowest BCUT2D eigenvalue weighted by molar-refractivity contribution is 0.0989. The predicted molar refractivity (Wildman–Crippen MR) is 71.5 cm³/mol. The number of hydrogen-bond donors (Lipinski definition) is 2. The fourth-order valence-electron chi connectivity index (χ4n) is 1.78. The van der Waals surface area contributed by atoms with Crippen LogP contribution in [-0.4, -0.2) is 22.6 Å². The van der Waals surface area contributed by atoms with E-state index in [1.165, 1.54) is 6.20 Å². The van der Waals surface area contributed by atoms with Gasteiger partial charge >= 0.3 is 0 Å². The fraction of sp³-hybridized carbons (Fsp3) is 0.231. The van der Waals surface area contributed by atoms with Crippen molar-refractivity contribution < 1.29 is 4.79 Å². The van der Waals surface area contributed by atoms with Gasteiger partial charge in [-0.15, -0.1) is 0 Å². The molecule has 0 saturated carbocycles. The normalized spacial score (nSPS) is 10.3. The number of nitrogen functional groups attached to an aromatic ring is 1. The van der Waals surface area contributed by atoms with Gasteiger partial charge in [0.25, 0.3) is 5.91 Å². The zero-order valence-electron chi connectivity index (χ0n) is 10.5. The summed E-state index contributed by atoms with van der Waals surface area (Å²) in [5, 5.41) is 6.34. The quantitative estimate of drug-likeness (QED) is 0.866. The summed E-state index contributed by atoms with van der Waals surface area (Å²) in [6.07, 6.45) is 1.45. The molecule has 1 amide bonds. The van der Waals surface area contributed by atoms with E-state index < -0.39 is 0 Å². The van der Waals surface area contributed by atoms with Crippen LogP contribution in [0.2, 0.25) is 0 Å². The van der Waals surface area contributed by atoms with Gasteiger partial charge in [-0.25, -0.2) is 0 Å². The number of anilines is 2. The third-order valence-electron chi connectivity index (χ3n) is 2.81. The molecule has 5 heteroatoms. The Bertz CT molecular complexity index is 544. The first-order valence-corrected chi connectivity index (χ1v) is 5.81. The number of aromatic amines is 1. The van der Waals surface area contributed by atoms with Gasteiger partial charge in [-0.2, -0.15) is 5.10 Å². The molecule has 0 fully saturated rings. The molecule has 0 atom stereocenters. The average molecular weight is 244 g/mol. The third-order valence-corrected chi connectivity index (χ3v) is 2.81. The minimum atomic E-state index is -0.146. The minimum Gasteiger partial charge on any atom is -0.383 e. The van der Waals surface area contributed by atoms with Crippen molar-refractivity contribution in [3.05, 3.63) is 41.6 Å². The van der Waals surface area contributed by atoms with Gasteiger partial charge in [0.2, 0.25) is 0 Å². The number of nitrogens with zero attached hydrogens (tertiary/aromatic N) is 2. The predicted octanol–water partition coefficient (Wildman–Crippen LogP) is 1.97. The number of carbonyl (C=O) groups excluding carboxylic acids is 1. The van der Waals surface area contributed by atoms with Gasteiger partial charge in [0, 0.05) is 12.2 Å². The molecular weight excluding hydrogens is 228 g/mol. The maximum Gasteiger partial charge on any atom is 0.263 e. The van der Waals surface area contributed by atoms with Crippen LogP contribution in [0.15, 0.2) is 30.5 Å². The van der Waals surface area contributed by atoms with Crippen molar-refractivity contribution in [2.24, 2.45) is 0 Å². The zero-order valence-corrected chi connectivity index (χ0v) is 10.5. The summed E-state index contributed by atoms with van der Waals surface area (Å²) in [4.78, 5) is 14.0. The molecule has 3 N–H and O–H groups in total. The molecule has 0 aliphatic carbocycles. The molecule has 2 rings (SSSR count). The molecule has 5 nitrogen and oxygen atoms in total. The van der Waals surface area contributed by atoms with Gasteiger partial charge in [0.05, 0.1) is 6.20 Å². The number of rotatable bonds is 3. The topological polar surface area (TPSA) is 75.0 Å². The summed E-state index contributed by atoms with van der Waals surface area (Å²) in [6.45, 7) is 4.51. The molecule has 0 radical (unpaired) electrons. The van der Waals surface area contributed by atoms with Crippen LogP contribution >= 0.6 is 0 Å². The highest BCUT2D eigenvalue weighted by Gasteiger charge is 2.19. The largest absolute Gasteiger partial charge is 0.383 e. The monoisotopic (exact) mass is 244 g/mol. The van der Waals surface area contributed by atoms with Crippen molar-refractivity contribution in [1.82, 2.24) is 10.2 Å². The van der Waals surface area contributed by atoms with Crippen LogP contribution in [0.5, 0.6) is 0 Å². The molecule has 0 aliphatic rings. The van der Waals surface area contributed by atoms with E-state index in [4.69, 9.17) is 5.73 Å². The molecule has 94 valence electrons. The second kappa shape index (κ2) is 4.91. The fourth-order valence-corrected chi connectivity index (χ4v) is 1.78. The third kappa shape index (κ3) is 2.20. The number of nitrogens with one attached hydrogen (secondary N) is 1. The van der Waals surface area contributed by atoms with Crippen LogP contribution in [0.1, 0.15) is 22.8 Å². The summed E-state index contributed by atoms with van der Waals surface area (Å²) in [6, 6.07) is 7.80. The molecule has 18 heavy (non-hydrogen) atoms. The highest BCUT2D eigenvalue weighted by Crippen LogP contribution is 2.19. The first kappa shape index (κ1) is 12.2. The highest BCUT2D eigenvalue weighted by molar-refractivity contribution is 6.08. The van der Waals surface area contributed by atoms with Gasteiger partial charge in [0.1, 0.15) is 11.4 Å². The minimum absolute atomic E-state index is 0.146. The Morgan fingerprint density at radius 3 is 2.56 bits per heavy atom. The van der Waals surface area contributed by atoms with E-state index in [2.05, 4.69) is 10.2 Å². The lowest BCUT2D eigenvalue weighted by Gasteiger charge is -2.20. The Kier molecular flexibility index (Phi) is 3.32. The second-order valence-corrected chi connectivity index (χ2v) is 4.08. The van der Waals surface area contributed by atoms with Gasteiger partial charge in [-0.05, 0) is 26.0 Å². The van der Waals surface area contributed by atoms with Crippen molar-refractivity contribution in [3.8, 4) is 0 Å². The van der Waals surface area contributed by atoms with Gasteiger partial charge < -0.3 is 10.6 Å². The summed E-state index contributed by atoms with van der Waals surface area (Å²) in [5.41, 5.74) is 8.08. The molecule has 1 aromatic heterocycles. The molecule has 0 aliphatic heterocycles. The van der Waals surface area contributed by atoms with Crippen LogP contribution in [0.25, 0.3) is 0 Å². The number of amides is 1. The van der Waals surface area contributed by atoms with Crippen LogP contribution in [-0.2, 0) is 0 Å². The van der Waals surface area contributed by atoms with Crippen molar-refractivity contribution in [2.45, 2.75) is 13.8 Å². The molecule has 2 aromatic rings. The standard InChI is InChI=1S/C13H16N4O/c1-3-17(10-6-4-9(2)5-7-10)13(18)11-8-15-16-12(11)14/h4-8H,3H2,1-2H3,(H3,14,15,16). The highest BCUT2D eigenvalue weighted by atomic mass is 16.2. The maximum atomic E-state index is 12.3. The molecule has 0 bridgehead atoms. The van der Waals surface area contributed by atoms with Gasteiger partial charge in [0.15, 0.2) is 0 Å². The van der Waals surface area contributed by atoms with E-state index in [1.54, 1.807) is 4.90 Å². The van der Waals surface area contributed by atoms with E-state index in [9.17, 15) is 4.79 Å². The molecule has 1 aromatic carbocycles. The van der Waals surface area contributed by atoms with Crippen LogP contribution in [0.4, 0.5) is 11.5 Å². The summed E-state index contributed by atoms with van der Waals surface area (Å²) in [7, 11) is 0. The van der Waals surface area contributed by atoms with Crippen LogP contribution in [0, 0.1) is 6.92 Å². The number of nitrogens with two attached hydrogens (primary N) is 1. The van der Waals surface area contributed by atoms with Crippen molar-refractivity contribution in [1.29, 1.82) is 0 Å². The Morgan fingerprint density at radius 2 is 2.06 bits per heavy atom. The Labute approximate surface area is 106 Å². The number of aryl methyl sites for hydroxylation is 1. The summed E-state index contributed by atoms with van der Waals surface area (Å²) in [5.74, 6) is 0.151. The maximum absolute atomic E-state index is 12.3. The van der Waals surface area contributed by atoms with Crippen molar-refractivity contribution in [3.63, 3.8) is 0 Å². The number of H-pyrrole nitrogens is 1. The number of aromatic nitrogens is 2. The van der Waals surface area contributed by atoms with Gasteiger partial charge in [-0.1, -0.05) is 17.7 Å². The zero-order chi connectivity index (χ0) is 13.1. The molecule has 0 saturated heterocycles. The average Bonchev–Trinajstić information content (AvgIpc) is 2.78. The smallest absolute Gasteiger partial charge is 0.263 e. The van der Waals surface area contributed by atoms with E-state index in [-0.39, 0.29) is 5.91 Å². The molecular formula is C13H16N4O. The number of benzene rings is 1. The Morgan fingerprint density at radius 1 is 1.39 bits per heavy atom. The Hall–Kier alpha value is -2.30. The Balaban J connectivity index is 2.32. The van der Waals surface area contributed by atoms with E-state index >= 15 is 0 Å². The molecule has 0 unspecified atom stereocenters. The first-order valence-electron chi connectivity index (χ1n) is 5.81. The summed E-state index contributed by atoms with van der Waals surface area (Å²) < 4.78 is 0.